The molecular formula is C20H29N3O4. The first-order valence-electron chi connectivity index (χ1n) is 9.41. The molecule has 0 aliphatic carbocycles. The lowest BCUT2D eigenvalue weighted by Gasteiger charge is -2.32. The van der Waals surface area contributed by atoms with Crippen molar-refractivity contribution in [3.63, 3.8) is 0 Å². The van der Waals surface area contributed by atoms with E-state index < -0.39 is 0 Å². The molecule has 1 atom stereocenters. The Kier molecular flexibility index (Phi) is 5.89. The number of hydrogen-bond donors (Lipinski definition) is 0. The van der Waals surface area contributed by atoms with Gasteiger partial charge in [-0.25, -0.2) is 0 Å². The quantitative estimate of drug-likeness (QED) is 0.772. The molecule has 0 bridgehead atoms. The number of fused-ring (bicyclic) bond motifs is 1. The first-order valence-corrected chi connectivity index (χ1v) is 9.41. The molecule has 148 valence electrons. The van der Waals surface area contributed by atoms with Crippen molar-refractivity contribution in [2.45, 2.75) is 31.8 Å². The van der Waals surface area contributed by atoms with Crippen LogP contribution in [0.3, 0.4) is 0 Å². The van der Waals surface area contributed by atoms with Crippen molar-refractivity contribution in [2.24, 2.45) is 0 Å². The summed E-state index contributed by atoms with van der Waals surface area (Å²) in [5.41, 5.74) is 2.40. The van der Waals surface area contributed by atoms with Crippen molar-refractivity contribution in [3.05, 3.63) is 23.3 Å². The fourth-order valence-corrected chi connectivity index (χ4v) is 3.98. The molecule has 2 heterocycles. The molecule has 2 amide bonds. The minimum absolute atomic E-state index is 0.0154. The molecule has 7 nitrogen and oxygen atoms in total. The number of likely N-dealkylation sites (N-methyl/N-ethyl adjacent to an activating group) is 1. The number of likely N-dealkylation sites (tertiary alicyclic amines) is 1. The van der Waals surface area contributed by atoms with E-state index in [0.717, 1.165) is 37.1 Å². The molecule has 0 saturated carbocycles. The van der Waals surface area contributed by atoms with Crippen molar-refractivity contribution in [1.82, 2.24) is 14.7 Å². The predicted octanol–water partition coefficient (Wildman–Crippen LogP) is 1.14. The van der Waals surface area contributed by atoms with E-state index in [1.165, 1.54) is 5.56 Å². The van der Waals surface area contributed by atoms with Crippen molar-refractivity contribution in [1.29, 1.82) is 0 Å². The van der Waals surface area contributed by atoms with Gasteiger partial charge in [0.05, 0.1) is 20.8 Å². The van der Waals surface area contributed by atoms with Crippen LogP contribution in [0.25, 0.3) is 0 Å². The zero-order valence-corrected chi connectivity index (χ0v) is 16.7. The van der Waals surface area contributed by atoms with Gasteiger partial charge >= 0.3 is 0 Å². The average molecular weight is 375 g/mol. The number of ether oxygens (including phenoxy) is 2. The minimum atomic E-state index is -0.311. The van der Waals surface area contributed by atoms with Gasteiger partial charge in [0, 0.05) is 33.7 Å². The zero-order valence-electron chi connectivity index (χ0n) is 16.7. The first kappa shape index (κ1) is 19.5. The van der Waals surface area contributed by atoms with Crippen molar-refractivity contribution in [3.8, 4) is 11.5 Å². The summed E-state index contributed by atoms with van der Waals surface area (Å²) in [6.07, 6.45) is 2.50. The van der Waals surface area contributed by atoms with Crippen LogP contribution in [0.1, 0.15) is 24.0 Å². The lowest BCUT2D eigenvalue weighted by molar-refractivity contribution is -0.143. The largest absolute Gasteiger partial charge is 0.493 e. The van der Waals surface area contributed by atoms with Crippen molar-refractivity contribution in [2.75, 3.05) is 47.9 Å². The molecule has 0 spiro atoms. The fraction of sp³-hybridized carbons (Fsp3) is 0.600. The van der Waals surface area contributed by atoms with Crippen LogP contribution in [-0.4, -0.2) is 80.5 Å². The SMILES string of the molecule is COc1cc2c(cc1OC)CN(CC(=O)N1CCCC1C(=O)N(C)C)CC2. The summed E-state index contributed by atoms with van der Waals surface area (Å²) in [6.45, 7) is 2.51. The summed E-state index contributed by atoms with van der Waals surface area (Å²) in [6, 6.07) is 3.72. The van der Waals surface area contributed by atoms with Crippen LogP contribution in [0.5, 0.6) is 11.5 Å². The number of benzene rings is 1. The van der Waals surface area contributed by atoms with Crippen LogP contribution in [0.15, 0.2) is 12.1 Å². The van der Waals surface area contributed by atoms with Gasteiger partial charge in [-0.05, 0) is 42.5 Å². The van der Waals surface area contributed by atoms with E-state index in [0.29, 0.717) is 25.4 Å². The maximum absolute atomic E-state index is 12.9. The molecule has 2 aliphatic heterocycles. The highest BCUT2D eigenvalue weighted by Gasteiger charge is 2.35. The number of methoxy groups -OCH3 is 2. The number of nitrogens with zero attached hydrogens (tertiary/aromatic N) is 3. The summed E-state index contributed by atoms with van der Waals surface area (Å²) in [4.78, 5) is 30.7. The zero-order chi connectivity index (χ0) is 19.6. The Morgan fingerprint density at radius 3 is 2.41 bits per heavy atom. The Morgan fingerprint density at radius 1 is 1.11 bits per heavy atom. The lowest BCUT2D eigenvalue weighted by atomic mass is 9.98. The molecule has 1 saturated heterocycles. The van der Waals surface area contributed by atoms with Crippen molar-refractivity contribution >= 4 is 11.8 Å². The van der Waals surface area contributed by atoms with E-state index in [2.05, 4.69) is 4.90 Å². The van der Waals surface area contributed by atoms with Crippen LogP contribution < -0.4 is 9.47 Å². The fourth-order valence-electron chi connectivity index (χ4n) is 3.98. The maximum atomic E-state index is 12.9. The average Bonchev–Trinajstić information content (AvgIpc) is 3.15. The molecule has 1 aromatic rings. The molecule has 27 heavy (non-hydrogen) atoms. The summed E-state index contributed by atoms with van der Waals surface area (Å²) in [7, 11) is 6.75. The standard InChI is InChI=1S/C20H29N3O4/c1-21(2)20(25)16-6-5-8-23(16)19(24)13-22-9-7-14-10-17(26-3)18(27-4)11-15(14)12-22/h10-11,16H,5-9,12-13H2,1-4H3. The molecule has 0 aromatic heterocycles. The lowest BCUT2D eigenvalue weighted by Crippen LogP contribution is -2.49. The first-order chi connectivity index (χ1) is 12.9. The summed E-state index contributed by atoms with van der Waals surface area (Å²) in [5.74, 6) is 1.50. The third-order valence-corrected chi connectivity index (χ3v) is 5.45. The number of carbonyl (C=O) groups excluding carboxylic acids is 2. The molecule has 1 unspecified atom stereocenters. The molecule has 7 heteroatoms. The molecule has 1 fully saturated rings. The second-order valence-electron chi connectivity index (χ2n) is 7.41. The molecule has 1 aromatic carbocycles. The minimum Gasteiger partial charge on any atom is -0.493 e. The maximum Gasteiger partial charge on any atom is 0.244 e. The number of carbonyl (C=O) groups is 2. The predicted molar refractivity (Wildman–Crippen MR) is 102 cm³/mol. The highest BCUT2D eigenvalue weighted by atomic mass is 16.5. The van der Waals surface area contributed by atoms with Gasteiger partial charge in [-0.15, -0.1) is 0 Å². The third-order valence-electron chi connectivity index (χ3n) is 5.45. The second kappa shape index (κ2) is 8.17. The van der Waals surface area contributed by atoms with Crippen LogP contribution in [0, 0.1) is 0 Å². The van der Waals surface area contributed by atoms with Gasteiger partial charge in [-0.1, -0.05) is 0 Å². The normalized spacial score (nSPS) is 19.6. The van der Waals surface area contributed by atoms with Gasteiger partial charge in [0.1, 0.15) is 6.04 Å². The third kappa shape index (κ3) is 4.03. The molecule has 0 N–H and O–H groups in total. The topological polar surface area (TPSA) is 62.3 Å². The van der Waals surface area contributed by atoms with Crippen LogP contribution in [0.2, 0.25) is 0 Å². The summed E-state index contributed by atoms with van der Waals surface area (Å²) >= 11 is 0. The summed E-state index contributed by atoms with van der Waals surface area (Å²) < 4.78 is 10.8. The van der Waals surface area contributed by atoms with Gasteiger partial charge in [0.25, 0.3) is 0 Å². The summed E-state index contributed by atoms with van der Waals surface area (Å²) in [5, 5.41) is 0. The Morgan fingerprint density at radius 2 is 1.78 bits per heavy atom. The molecule has 3 rings (SSSR count). The van der Waals surface area contributed by atoms with E-state index >= 15 is 0 Å². The van der Waals surface area contributed by atoms with Crippen LogP contribution in [-0.2, 0) is 22.6 Å². The number of rotatable bonds is 5. The van der Waals surface area contributed by atoms with Gasteiger partial charge in [-0.3, -0.25) is 14.5 Å². The number of hydrogen-bond acceptors (Lipinski definition) is 5. The Bertz CT molecular complexity index is 719. The Hall–Kier alpha value is -2.28. The number of amides is 2. The second-order valence-corrected chi connectivity index (χ2v) is 7.41. The smallest absolute Gasteiger partial charge is 0.244 e. The van der Waals surface area contributed by atoms with Gasteiger partial charge in [-0.2, -0.15) is 0 Å². The van der Waals surface area contributed by atoms with Gasteiger partial charge in [0.15, 0.2) is 11.5 Å². The molecule has 2 aliphatic rings. The monoisotopic (exact) mass is 375 g/mol. The molecular weight excluding hydrogens is 346 g/mol. The highest BCUT2D eigenvalue weighted by Crippen LogP contribution is 2.33. The van der Waals surface area contributed by atoms with E-state index in [1.54, 1.807) is 38.1 Å². The van der Waals surface area contributed by atoms with E-state index in [4.69, 9.17) is 9.47 Å². The van der Waals surface area contributed by atoms with Crippen LogP contribution in [0.4, 0.5) is 0 Å². The highest BCUT2D eigenvalue weighted by molar-refractivity contribution is 5.88. The Balaban J connectivity index is 1.67. The van der Waals surface area contributed by atoms with Gasteiger partial charge in [0.2, 0.25) is 11.8 Å². The van der Waals surface area contributed by atoms with Crippen molar-refractivity contribution < 1.29 is 19.1 Å². The van der Waals surface area contributed by atoms with E-state index in [9.17, 15) is 9.59 Å². The van der Waals surface area contributed by atoms with E-state index in [-0.39, 0.29) is 17.9 Å². The Labute approximate surface area is 160 Å². The van der Waals surface area contributed by atoms with Gasteiger partial charge < -0.3 is 19.3 Å². The van der Waals surface area contributed by atoms with Crippen LogP contribution >= 0.6 is 0 Å². The van der Waals surface area contributed by atoms with E-state index in [1.807, 2.05) is 12.1 Å². The molecule has 0 radical (unpaired) electrons.